The highest BCUT2D eigenvalue weighted by molar-refractivity contribution is 6.31. The molecule has 9 heteroatoms. The zero-order valence-corrected chi connectivity index (χ0v) is 19.3. The van der Waals surface area contributed by atoms with Gasteiger partial charge in [-0.3, -0.25) is 4.79 Å². The number of aryl methyl sites for hydroxylation is 1. The summed E-state index contributed by atoms with van der Waals surface area (Å²) in [6, 6.07) is 10.3. The highest BCUT2D eigenvalue weighted by atomic mass is 35.5. The highest BCUT2D eigenvalue weighted by Crippen LogP contribution is 2.29. The maximum absolute atomic E-state index is 11.1. The molecule has 2 heterocycles. The Morgan fingerprint density at radius 3 is 2.55 bits per heavy atom. The Morgan fingerprint density at radius 2 is 1.88 bits per heavy atom. The smallest absolute Gasteiger partial charge is 0.306 e. The molecule has 1 aliphatic carbocycles. The molecule has 0 spiro atoms. The maximum atomic E-state index is 11.1. The van der Waals surface area contributed by atoms with Crippen LogP contribution in [0.2, 0.25) is 5.02 Å². The number of nitrogens with one attached hydrogen (secondary N) is 2. The second kappa shape index (κ2) is 10.0. The lowest BCUT2D eigenvalue weighted by molar-refractivity contribution is -0.142. The molecule has 2 aromatic heterocycles. The third-order valence-electron chi connectivity index (χ3n) is 5.76. The molecular weight excluding hydrogens is 442 g/mol. The molecule has 0 aliphatic heterocycles. The van der Waals surface area contributed by atoms with Crippen molar-refractivity contribution in [3.05, 3.63) is 53.3 Å². The minimum absolute atomic E-state index is 0.220. The first-order valence-corrected chi connectivity index (χ1v) is 11.2. The number of methoxy groups -OCH3 is 1. The van der Waals surface area contributed by atoms with Gasteiger partial charge in [0.2, 0.25) is 11.8 Å². The largest absolute Gasteiger partial charge is 0.481 e. The van der Waals surface area contributed by atoms with E-state index in [1.165, 1.54) is 13.3 Å². The van der Waals surface area contributed by atoms with E-state index in [2.05, 4.69) is 31.7 Å². The molecule has 172 valence electrons. The van der Waals surface area contributed by atoms with E-state index in [0.29, 0.717) is 29.7 Å². The van der Waals surface area contributed by atoms with Gasteiger partial charge in [0.05, 0.1) is 19.2 Å². The van der Waals surface area contributed by atoms with Crippen molar-refractivity contribution in [1.29, 1.82) is 0 Å². The predicted molar refractivity (Wildman–Crippen MR) is 128 cm³/mol. The monoisotopic (exact) mass is 467 g/mol. The Morgan fingerprint density at radius 1 is 1.09 bits per heavy atom. The van der Waals surface area contributed by atoms with Crippen LogP contribution in [0.15, 0.2) is 42.7 Å². The van der Waals surface area contributed by atoms with Crippen molar-refractivity contribution < 1.29 is 14.6 Å². The van der Waals surface area contributed by atoms with Gasteiger partial charge < -0.3 is 20.5 Å². The Hall–Kier alpha value is -3.39. The fourth-order valence-electron chi connectivity index (χ4n) is 4.05. The van der Waals surface area contributed by atoms with Crippen LogP contribution in [0, 0.1) is 12.8 Å². The lowest BCUT2D eigenvalue weighted by Crippen LogP contribution is -2.29. The molecule has 8 nitrogen and oxygen atoms in total. The number of carbonyl (C=O) groups is 1. The summed E-state index contributed by atoms with van der Waals surface area (Å²) in [5, 5.41) is 16.1. The first-order chi connectivity index (χ1) is 15.9. The van der Waals surface area contributed by atoms with E-state index in [-0.39, 0.29) is 12.0 Å². The Labute approximate surface area is 197 Å². The molecule has 33 heavy (non-hydrogen) atoms. The van der Waals surface area contributed by atoms with Gasteiger partial charge in [0, 0.05) is 23.5 Å². The molecule has 3 N–H and O–H groups in total. The Balaban J connectivity index is 1.45. The summed E-state index contributed by atoms with van der Waals surface area (Å²) in [6.07, 6.45) is 6.41. The number of anilines is 3. The van der Waals surface area contributed by atoms with Gasteiger partial charge in [0.1, 0.15) is 10.8 Å². The topological polar surface area (TPSA) is 109 Å². The van der Waals surface area contributed by atoms with Gasteiger partial charge in [-0.05, 0) is 68.0 Å². The van der Waals surface area contributed by atoms with E-state index >= 15 is 0 Å². The summed E-state index contributed by atoms with van der Waals surface area (Å²) >= 11 is 6.01. The van der Waals surface area contributed by atoms with Crippen LogP contribution < -0.4 is 15.4 Å². The fourth-order valence-corrected chi connectivity index (χ4v) is 4.22. The SMILES string of the molecule is COc1nc(Nc2cc(C)cc(-c3ccc(N[C@H]4CC[C@H](C(=O)O)CC4)nc3)c2)ncc1Cl. The number of aliphatic carboxylic acids is 1. The lowest BCUT2D eigenvalue weighted by Gasteiger charge is -2.27. The number of nitrogens with zero attached hydrogens (tertiary/aromatic N) is 3. The number of halogens is 1. The third-order valence-corrected chi connectivity index (χ3v) is 6.02. The number of hydrogen-bond donors (Lipinski definition) is 3. The molecule has 0 saturated heterocycles. The summed E-state index contributed by atoms with van der Waals surface area (Å²) in [7, 11) is 1.51. The second-order valence-corrected chi connectivity index (χ2v) is 8.63. The average molecular weight is 468 g/mol. The van der Waals surface area contributed by atoms with Crippen LogP contribution in [0.3, 0.4) is 0 Å². The first-order valence-electron chi connectivity index (χ1n) is 10.8. The zero-order valence-electron chi connectivity index (χ0n) is 18.5. The molecule has 1 saturated carbocycles. The average Bonchev–Trinajstić information content (AvgIpc) is 2.81. The number of ether oxygens (including phenoxy) is 1. The quantitative estimate of drug-likeness (QED) is 0.429. The van der Waals surface area contributed by atoms with Gasteiger partial charge in [-0.25, -0.2) is 9.97 Å². The molecule has 0 atom stereocenters. The first kappa shape index (κ1) is 22.8. The van der Waals surface area contributed by atoms with Crippen molar-refractivity contribution in [2.45, 2.75) is 38.6 Å². The van der Waals surface area contributed by atoms with Gasteiger partial charge in [0.25, 0.3) is 0 Å². The molecule has 1 fully saturated rings. The van der Waals surface area contributed by atoms with Crippen molar-refractivity contribution >= 4 is 35.0 Å². The summed E-state index contributed by atoms with van der Waals surface area (Å²) in [4.78, 5) is 24.2. The van der Waals surface area contributed by atoms with Gasteiger partial charge in [-0.2, -0.15) is 4.98 Å². The molecule has 1 aliphatic rings. The molecule has 0 radical (unpaired) electrons. The van der Waals surface area contributed by atoms with Crippen molar-refractivity contribution in [2.24, 2.45) is 5.92 Å². The number of carboxylic acid groups (broad SMARTS) is 1. The van der Waals surface area contributed by atoms with Crippen molar-refractivity contribution in [3.8, 4) is 17.0 Å². The standard InChI is InChI=1S/C24H26ClN5O3/c1-14-9-17(11-19(10-14)29-24-27-13-20(25)22(30-24)33-2)16-5-8-21(26-12-16)28-18-6-3-15(4-7-18)23(31)32/h5,8-13,15,18H,3-4,6-7H2,1-2H3,(H,26,28)(H,31,32)(H,27,29,30)/t15-,18-. The van der Waals surface area contributed by atoms with Gasteiger partial charge in [0.15, 0.2) is 0 Å². The van der Waals surface area contributed by atoms with E-state index in [1.807, 2.05) is 37.4 Å². The van der Waals surface area contributed by atoms with Crippen molar-refractivity contribution in [2.75, 3.05) is 17.7 Å². The summed E-state index contributed by atoms with van der Waals surface area (Å²) < 4.78 is 5.16. The number of aromatic nitrogens is 3. The number of rotatable bonds is 7. The molecule has 0 amide bonds. The Bertz CT molecular complexity index is 1130. The predicted octanol–water partition coefficient (Wildman–Crippen LogP) is 5.31. The number of carboxylic acids is 1. The number of benzene rings is 1. The van der Waals surface area contributed by atoms with Crippen molar-refractivity contribution in [3.63, 3.8) is 0 Å². The van der Waals surface area contributed by atoms with E-state index in [0.717, 1.165) is 41.0 Å². The van der Waals surface area contributed by atoms with Crippen LogP contribution in [-0.2, 0) is 4.79 Å². The third kappa shape index (κ3) is 5.70. The van der Waals surface area contributed by atoms with Crippen LogP contribution in [-0.4, -0.2) is 39.2 Å². The number of hydrogen-bond acceptors (Lipinski definition) is 7. The van der Waals surface area contributed by atoms with Crippen LogP contribution >= 0.6 is 11.6 Å². The van der Waals surface area contributed by atoms with Crippen LogP contribution in [0.25, 0.3) is 11.1 Å². The fraction of sp³-hybridized carbons (Fsp3) is 0.333. The molecule has 3 aromatic rings. The van der Waals surface area contributed by atoms with Gasteiger partial charge in [-0.15, -0.1) is 0 Å². The highest BCUT2D eigenvalue weighted by Gasteiger charge is 2.25. The molecule has 0 unspecified atom stereocenters. The summed E-state index contributed by atoms with van der Waals surface area (Å²) in [5.74, 6) is 0.589. The van der Waals surface area contributed by atoms with Crippen LogP contribution in [0.5, 0.6) is 5.88 Å². The minimum Gasteiger partial charge on any atom is -0.481 e. The lowest BCUT2D eigenvalue weighted by atomic mass is 9.86. The maximum Gasteiger partial charge on any atom is 0.306 e. The second-order valence-electron chi connectivity index (χ2n) is 8.23. The normalized spacial score (nSPS) is 17.9. The Kier molecular flexibility index (Phi) is 6.93. The van der Waals surface area contributed by atoms with Crippen LogP contribution in [0.4, 0.5) is 17.5 Å². The van der Waals surface area contributed by atoms with E-state index < -0.39 is 5.97 Å². The zero-order chi connectivity index (χ0) is 23.4. The van der Waals surface area contributed by atoms with Crippen LogP contribution in [0.1, 0.15) is 31.2 Å². The minimum atomic E-state index is -0.690. The van der Waals surface area contributed by atoms with Crippen molar-refractivity contribution in [1.82, 2.24) is 15.0 Å². The summed E-state index contributed by atoms with van der Waals surface area (Å²) in [6.45, 7) is 2.02. The molecule has 0 bridgehead atoms. The summed E-state index contributed by atoms with van der Waals surface area (Å²) in [5.41, 5.74) is 3.91. The molecule has 1 aromatic carbocycles. The van der Waals surface area contributed by atoms with E-state index in [9.17, 15) is 4.79 Å². The van der Waals surface area contributed by atoms with Gasteiger partial charge >= 0.3 is 5.97 Å². The van der Waals surface area contributed by atoms with Gasteiger partial charge in [-0.1, -0.05) is 17.7 Å². The van der Waals surface area contributed by atoms with E-state index in [1.54, 1.807) is 0 Å². The van der Waals surface area contributed by atoms with E-state index in [4.69, 9.17) is 21.4 Å². The molecule has 4 rings (SSSR count). The number of pyridine rings is 1. The molecular formula is C24H26ClN5O3.